The first-order valence-electron chi connectivity index (χ1n) is 6.25. The van der Waals surface area contributed by atoms with Gasteiger partial charge in [0.2, 0.25) is 0 Å². The van der Waals surface area contributed by atoms with E-state index < -0.39 is 0 Å². The summed E-state index contributed by atoms with van der Waals surface area (Å²) in [6.07, 6.45) is 3.74. The largest absolute Gasteiger partial charge is 0.324 e. The summed E-state index contributed by atoms with van der Waals surface area (Å²) in [5.41, 5.74) is 1.03. The molecule has 1 aliphatic carbocycles. The summed E-state index contributed by atoms with van der Waals surface area (Å²) in [5, 5.41) is 17.0. The lowest BCUT2D eigenvalue weighted by molar-refractivity contribution is -0.380. The Morgan fingerprint density at radius 2 is 2.44 bits per heavy atom. The maximum atomic E-state index is 10.6. The fraction of sp³-hybridized carbons (Fsp3) is 0.667. The van der Waals surface area contributed by atoms with E-state index in [1.54, 1.807) is 6.07 Å². The molecule has 0 amide bonds. The first-order chi connectivity index (χ1) is 8.69. The minimum absolute atomic E-state index is 0.234. The molecule has 4 nitrogen and oxygen atoms in total. The Bertz CT molecular complexity index is 409. The van der Waals surface area contributed by atoms with E-state index in [0.717, 1.165) is 17.4 Å². The van der Waals surface area contributed by atoms with E-state index in [1.165, 1.54) is 36.4 Å². The van der Waals surface area contributed by atoms with Crippen molar-refractivity contribution in [3.63, 3.8) is 0 Å². The summed E-state index contributed by atoms with van der Waals surface area (Å²) in [5.74, 6) is 1.19. The molecule has 0 aromatic carbocycles. The summed E-state index contributed by atoms with van der Waals surface area (Å²) >= 11 is 3.25. The van der Waals surface area contributed by atoms with E-state index in [1.807, 2.05) is 17.1 Å². The van der Waals surface area contributed by atoms with Gasteiger partial charge in [0.15, 0.2) is 0 Å². The van der Waals surface area contributed by atoms with E-state index >= 15 is 0 Å². The molecule has 2 atom stereocenters. The van der Waals surface area contributed by atoms with Crippen LogP contribution in [0.2, 0.25) is 0 Å². The molecule has 0 radical (unpaired) electrons. The first-order valence-corrected chi connectivity index (χ1v) is 8.18. The van der Waals surface area contributed by atoms with Crippen molar-refractivity contribution in [1.82, 2.24) is 5.32 Å². The molecule has 2 unspecified atom stereocenters. The highest BCUT2D eigenvalue weighted by Gasteiger charge is 2.24. The summed E-state index contributed by atoms with van der Waals surface area (Å²) in [6.45, 7) is 2.95. The van der Waals surface area contributed by atoms with Crippen LogP contribution in [0.15, 0.2) is 11.4 Å². The number of nitro groups is 1. The zero-order chi connectivity index (χ0) is 13.0. The first kappa shape index (κ1) is 13.8. The van der Waals surface area contributed by atoms with Crippen molar-refractivity contribution in [3.05, 3.63) is 27.1 Å². The fourth-order valence-electron chi connectivity index (χ4n) is 2.33. The van der Waals surface area contributed by atoms with Crippen LogP contribution in [0.5, 0.6) is 0 Å². The number of nitrogens with zero attached hydrogens (tertiary/aromatic N) is 1. The highest BCUT2D eigenvalue weighted by molar-refractivity contribution is 7.99. The molecule has 0 aliphatic heterocycles. The Kier molecular flexibility index (Phi) is 5.03. The van der Waals surface area contributed by atoms with Crippen molar-refractivity contribution in [3.8, 4) is 0 Å². The molecule has 2 rings (SSSR count). The number of rotatable bonds is 6. The van der Waals surface area contributed by atoms with Crippen molar-refractivity contribution in [2.24, 2.45) is 0 Å². The second-order valence-corrected chi connectivity index (χ2v) is 6.99. The lowest BCUT2D eigenvalue weighted by Gasteiger charge is -2.12. The zero-order valence-corrected chi connectivity index (χ0v) is 12.1. The van der Waals surface area contributed by atoms with Crippen LogP contribution < -0.4 is 5.32 Å². The number of thioether (sulfide) groups is 1. The van der Waals surface area contributed by atoms with Crippen molar-refractivity contribution in [1.29, 1.82) is 0 Å². The van der Waals surface area contributed by atoms with Gasteiger partial charge in [-0.25, -0.2) is 0 Å². The average molecular weight is 286 g/mol. The van der Waals surface area contributed by atoms with Crippen LogP contribution in [0.1, 0.15) is 31.7 Å². The number of hydrogen-bond acceptors (Lipinski definition) is 5. The van der Waals surface area contributed by atoms with Crippen LogP contribution in [0, 0.1) is 10.1 Å². The van der Waals surface area contributed by atoms with Gasteiger partial charge in [-0.15, -0.1) is 0 Å². The molecular weight excluding hydrogens is 268 g/mol. The predicted octanol–water partition coefficient (Wildman–Crippen LogP) is 3.42. The SMILES string of the molecule is CCSC1CCC(NCc2csc([N+](=O)[O-])c2)C1. The van der Waals surface area contributed by atoms with Crippen LogP contribution in [-0.2, 0) is 6.54 Å². The smallest absolute Gasteiger partial charge is 0.310 e. The second kappa shape index (κ2) is 6.54. The predicted molar refractivity (Wildman–Crippen MR) is 77.4 cm³/mol. The molecule has 0 bridgehead atoms. The summed E-state index contributed by atoms with van der Waals surface area (Å²) in [6, 6.07) is 2.25. The molecule has 1 N–H and O–H groups in total. The molecule has 0 saturated heterocycles. The fourth-order valence-corrected chi connectivity index (χ4v) is 4.20. The molecule has 0 spiro atoms. The summed E-state index contributed by atoms with van der Waals surface area (Å²) < 4.78 is 0. The van der Waals surface area contributed by atoms with Gasteiger partial charge in [-0.1, -0.05) is 18.3 Å². The standard InChI is InChI=1S/C12H18N2O2S2/c1-2-17-11-4-3-10(6-11)13-7-9-5-12(14(15)16)18-8-9/h5,8,10-11,13H,2-4,6-7H2,1H3. The topological polar surface area (TPSA) is 55.2 Å². The Balaban J connectivity index is 1.76. The molecule has 100 valence electrons. The van der Waals surface area contributed by atoms with Crippen LogP contribution in [0.25, 0.3) is 0 Å². The minimum Gasteiger partial charge on any atom is -0.310 e. The molecule has 1 fully saturated rings. The quantitative estimate of drug-likeness (QED) is 0.643. The lowest BCUT2D eigenvalue weighted by atomic mass is 10.2. The molecule has 1 aromatic rings. The second-order valence-electron chi connectivity index (χ2n) is 4.52. The van der Waals surface area contributed by atoms with E-state index in [4.69, 9.17) is 0 Å². The summed E-state index contributed by atoms with van der Waals surface area (Å²) in [7, 11) is 0. The average Bonchev–Trinajstić information content (AvgIpc) is 2.95. The van der Waals surface area contributed by atoms with Crippen LogP contribution in [-0.4, -0.2) is 22.0 Å². The van der Waals surface area contributed by atoms with Gasteiger partial charge in [0.05, 0.1) is 4.92 Å². The van der Waals surface area contributed by atoms with Gasteiger partial charge in [0.1, 0.15) is 0 Å². The van der Waals surface area contributed by atoms with Gasteiger partial charge in [-0.3, -0.25) is 10.1 Å². The number of hydrogen-bond donors (Lipinski definition) is 1. The van der Waals surface area contributed by atoms with Crippen molar-refractivity contribution in [2.45, 2.75) is 44.0 Å². The summed E-state index contributed by atoms with van der Waals surface area (Å²) in [4.78, 5) is 10.3. The van der Waals surface area contributed by atoms with Gasteiger partial charge in [0, 0.05) is 29.3 Å². The van der Waals surface area contributed by atoms with Gasteiger partial charge in [-0.05, 0) is 30.6 Å². The lowest BCUT2D eigenvalue weighted by Crippen LogP contribution is -2.25. The van der Waals surface area contributed by atoms with E-state index in [2.05, 4.69) is 12.2 Å². The molecular formula is C12H18N2O2S2. The molecule has 1 aromatic heterocycles. The van der Waals surface area contributed by atoms with Crippen molar-refractivity contribution >= 4 is 28.1 Å². The van der Waals surface area contributed by atoms with Crippen LogP contribution >= 0.6 is 23.1 Å². The third-order valence-electron chi connectivity index (χ3n) is 3.20. The maximum Gasteiger partial charge on any atom is 0.324 e. The molecule has 18 heavy (non-hydrogen) atoms. The Labute approximate surface area is 115 Å². The Morgan fingerprint density at radius 1 is 1.61 bits per heavy atom. The third kappa shape index (κ3) is 3.70. The molecule has 1 heterocycles. The Morgan fingerprint density at radius 3 is 3.11 bits per heavy atom. The van der Waals surface area contributed by atoms with Gasteiger partial charge in [-0.2, -0.15) is 11.8 Å². The monoisotopic (exact) mass is 286 g/mol. The molecule has 1 aliphatic rings. The minimum atomic E-state index is -0.322. The number of nitrogens with one attached hydrogen (secondary N) is 1. The highest BCUT2D eigenvalue weighted by Crippen LogP contribution is 2.30. The van der Waals surface area contributed by atoms with Gasteiger partial charge in [0.25, 0.3) is 0 Å². The van der Waals surface area contributed by atoms with Crippen LogP contribution in [0.3, 0.4) is 0 Å². The van der Waals surface area contributed by atoms with E-state index in [9.17, 15) is 10.1 Å². The number of thiophene rings is 1. The molecule has 1 saturated carbocycles. The van der Waals surface area contributed by atoms with E-state index in [0.29, 0.717) is 6.04 Å². The van der Waals surface area contributed by atoms with Gasteiger partial charge >= 0.3 is 5.00 Å². The molecule has 6 heteroatoms. The van der Waals surface area contributed by atoms with Crippen LogP contribution in [0.4, 0.5) is 5.00 Å². The highest BCUT2D eigenvalue weighted by atomic mass is 32.2. The van der Waals surface area contributed by atoms with E-state index in [-0.39, 0.29) is 9.92 Å². The van der Waals surface area contributed by atoms with Gasteiger partial charge < -0.3 is 5.32 Å². The van der Waals surface area contributed by atoms with Crippen molar-refractivity contribution in [2.75, 3.05) is 5.75 Å². The normalized spacial score (nSPS) is 23.4. The zero-order valence-electron chi connectivity index (χ0n) is 10.4. The maximum absolute atomic E-state index is 10.6. The van der Waals surface area contributed by atoms with Crippen molar-refractivity contribution < 1.29 is 4.92 Å². The third-order valence-corrected chi connectivity index (χ3v) is 5.36. The Hall–Kier alpha value is -0.590.